The van der Waals surface area contributed by atoms with Gasteiger partial charge in [0.25, 0.3) is 0 Å². The number of amides is 1. The Morgan fingerprint density at radius 1 is 0.821 bits per heavy atom. The van der Waals surface area contributed by atoms with E-state index >= 15 is 0 Å². The molecule has 0 atom stereocenters. The van der Waals surface area contributed by atoms with Gasteiger partial charge in [0.2, 0.25) is 0 Å². The number of nitrogens with one attached hydrogen (secondary N) is 2. The number of carbonyl (C=O) groups excluding carboxylic acids is 1. The van der Waals surface area contributed by atoms with Gasteiger partial charge < -0.3 is 19.5 Å². The molecule has 0 saturated heterocycles. The zero-order valence-corrected chi connectivity index (χ0v) is 15.9. The first kappa shape index (κ1) is 20.9. The van der Waals surface area contributed by atoms with Crippen LogP contribution in [0.1, 0.15) is 11.1 Å². The summed E-state index contributed by atoms with van der Waals surface area (Å²) in [7, 11) is 0. The molecular weight excluding hydrogens is 356 g/mol. The van der Waals surface area contributed by atoms with Gasteiger partial charge in [0, 0.05) is 17.9 Å². The number of ether oxygens (including phenoxy) is 3. The molecule has 6 nitrogen and oxygen atoms in total. The molecule has 0 spiro atoms. The van der Waals surface area contributed by atoms with Crippen LogP contribution in [0.15, 0.2) is 74.2 Å². The molecule has 2 aromatic rings. The van der Waals surface area contributed by atoms with E-state index < -0.39 is 6.09 Å². The lowest BCUT2D eigenvalue weighted by atomic mass is 10.0. The number of hydrogen-bond acceptors (Lipinski definition) is 5. The van der Waals surface area contributed by atoms with Gasteiger partial charge in [-0.15, -0.1) is 0 Å². The topological polar surface area (TPSA) is 68.8 Å². The number of hydrogen-bond donors (Lipinski definition) is 2. The van der Waals surface area contributed by atoms with E-state index in [9.17, 15) is 4.79 Å². The Kier molecular flexibility index (Phi) is 9.00. The zero-order chi connectivity index (χ0) is 20.0. The molecular formula is C22H26N2O4. The Morgan fingerprint density at radius 2 is 1.39 bits per heavy atom. The molecule has 2 aromatic carbocycles. The summed E-state index contributed by atoms with van der Waals surface area (Å²) in [5.74, 6) is 0. The summed E-state index contributed by atoms with van der Waals surface area (Å²) in [6, 6.07) is 15.9. The second-order valence-electron chi connectivity index (χ2n) is 5.83. The smallest absolute Gasteiger partial charge is 0.411 e. The summed E-state index contributed by atoms with van der Waals surface area (Å²) in [4.78, 5) is 11.7. The van der Waals surface area contributed by atoms with Gasteiger partial charge in [0.15, 0.2) is 0 Å². The lowest BCUT2D eigenvalue weighted by Crippen LogP contribution is -2.16. The lowest BCUT2D eigenvalue weighted by Gasteiger charge is -2.09. The fourth-order valence-corrected chi connectivity index (χ4v) is 2.44. The first-order valence-corrected chi connectivity index (χ1v) is 9.02. The van der Waals surface area contributed by atoms with Crippen molar-refractivity contribution in [1.29, 1.82) is 0 Å². The minimum atomic E-state index is -0.512. The molecule has 0 fully saturated rings. The highest BCUT2D eigenvalue weighted by molar-refractivity contribution is 5.84. The summed E-state index contributed by atoms with van der Waals surface area (Å²) in [5.41, 5.74) is 4.08. The van der Waals surface area contributed by atoms with Gasteiger partial charge in [-0.1, -0.05) is 37.4 Å². The van der Waals surface area contributed by atoms with Crippen molar-refractivity contribution in [3.8, 4) is 0 Å². The van der Waals surface area contributed by atoms with E-state index in [0.717, 1.165) is 24.2 Å². The monoisotopic (exact) mass is 382 g/mol. The van der Waals surface area contributed by atoms with E-state index in [1.807, 2.05) is 36.4 Å². The Balaban J connectivity index is 1.77. The summed E-state index contributed by atoms with van der Waals surface area (Å²) in [5, 5.41) is 5.96. The van der Waals surface area contributed by atoms with Crippen LogP contribution in [0.4, 0.5) is 16.2 Å². The summed E-state index contributed by atoms with van der Waals surface area (Å²) >= 11 is 0. The van der Waals surface area contributed by atoms with Crippen LogP contribution in [0.2, 0.25) is 0 Å². The van der Waals surface area contributed by atoms with E-state index in [1.54, 1.807) is 0 Å². The molecule has 0 aromatic heterocycles. The first-order valence-electron chi connectivity index (χ1n) is 9.02. The Bertz CT molecular complexity index is 742. The van der Waals surface area contributed by atoms with E-state index in [1.165, 1.54) is 18.1 Å². The molecule has 0 aliphatic carbocycles. The maximum absolute atomic E-state index is 11.7. The van der Waals surface area contributed by atoms with Gasteiger partial charge in [-0.2, -0.15) is 0 Å². The van der Waals surface area contributed by atoms with Crippen molar-refractivity contribution < 1.29 is 19.0 Å². The highest BCUT2D eigenvalue weighted by atomic mass is 16.6. The van der Waals surface area contributed by atoms with Gasteiger partial charge >= 0.3 is 6.09 Å². The summed E-state index contributed by atoms with van der Waals surface area (Å²) in [6.07, 6.45) is 3.04. The normalized spacial score (nSPS) is 9.86. The molecule has 2 rings (SSSR count). The lowest BCUT2D eigenvalue weighted by molar-refractivity contribution is 0.123. The Hall–Kier alpha value is -3.41. The number of anilines is 2. The molecule has 0 aliphatic heterocycles. The Morgan fingerprint density at radius 3 is 2.00 bits per heavy atom. The number of rotatable bonds is 12. The van der Waals surface area contributed by atoms with Gasteiger partial charge in [0.1, 0.15) is 19.8 Å². The van der Waals surface area contributed by atoms with Crippen molar-refractivity contribution in [3.05, 3.63) is 85.3 Å². The molecule has 148 valence electrons. The van der Waals surface area contributed by atoms with Crippen molar-refractivity contribution in [2.24, 2.45) is 0 Å². The SMILES string of the molecule is C=COCCNc1ccc(Cc2ccc(NC(=O)OCCOC=C)cc2)cc1. The molecule has 0 unspecified atom stereocenters. The van der Waals surface area contributed by atoms with Crippen LogP contribution in [-0.2, 0) is 20.6 Å². The van der Waals surface area contributed by atoms with E-state index in [4.69, 9.17) is 14.2 Å². The van der Waals surface area contributed by atoms with E-state index in [-0.39, 0.29) is 13.2 Å². The maximum atomic E-state index is 11.7. The predicted octanol–water partition coefficient (Wildman–Crippen LogP) is 4.56. The molecule has 0 aliphatic rings. The van der Waals surface area contributed by atoms with Gasteiger partial charge in [0.05, 0.1) is 12.5 Å². The number of benzene rings is 2. The van der Waals surface area contributed by atoms with E-state index in [0.29, 0.717) is 12.3 Å². The highest BCUT2D eigenvalue weighted by Crippen LogP contribution is 2.16. The van der Waals surface area contributed by atoms with Crippen molar-refractivity contribution in [1.82, 2.24) is 0 Å². The molecule has 6 heteroatoms. The third-order valence-electron chi connectivity index (χ3n) is 3.78. The van der Waals surface area contributed by atoms with Crippen LogP contribution >= 0.6 is 0 Å². The van der Waals surface area contributed by atoms with Crippen molar-refractivity contribution in [3.63, 3.8) is 0 Å². The summed E-state index contributed by atoms with van der Waals surface area (Å²) < 4.78 is 15.0. The number of carbonyl (C=O) groups is 1. The first-order chi connectivity index (χ1) is 13.7. The van der Waals surface area contributed by atoms with Gasteiger partial charge in [-0.3, -0.25) is 5.32 Å². The quantitative estimate of drug-likeness (QED) is 0.416. The molecule has 0 bridgehead atoms. The second kappa shape index (κ2) is 12.1. The summed E-state index contributed by atoms with van der Waals surface area (Å²) in [6.45, 7) is 8.69. The molecule has 2 N–H and O–H groups in total. The van der Waals surface area contributed by atoms with E-state index in [2.05, 4.69) is 35.9 Å². The largest absolute Gasteiger partial charge is 0.500 e. The van der Waals surface area contributed by atoms with Crippen LogP contribution in [0.5, 0.6) is 0 Å². The highest BCUT2D eigenvalue weighted by Gasteiger charge is 2.04. The van der Waals surface area contributed by atoms with Crippen LogP contribution in [0.25, 0.3) is 0 Å². The third kappa shape index (κ3) is 7.86. The average molecular weight is 382 g/mol. The van der Waals surface area contributed by atoms with Gasteiger partial charge in [-0.25, -0.2) is 4.79 Å². The van der Waals surface area contributed by atoms with Crippen molar-refractivity contribution in [2.45, 2.75) is 6.42 Å². The molecule has 0 saturated carbocycles. The minimum absolute atomic E-state index is 0.169. The van der Waals surface area contributed by atoms with Gasteiger partial charge in [-0.05, 0) is 41.8 Å². The van der Waals surface area contributed by atoms with Crippen molar-refractivity contribution in [2.75, 3.05) is 37.0 Å². The molecule has 0 heterocycles. The molecule has 28 heavy (non-hydrogen) atoms. The van der Waals surface area contributed by atoms with Crippen LogP contribution in [0, 0.1) is 0 Å². The van der Waals surface area contributed by atoms with Crippen LogP contribution in [-0.4, -0.2) is 32.5 Å². The maximum Gasteiger partial charge on any atom is 0.411 e. The minimum Gasteiger partial charge on any atom is -0.500 e. The fraction of sp³-hybridized carbons (Fsp3) is 0.227. The standard InChI is InChI=1S/C22H26N2O4/c1-3-26-14-13-23-20-9-5-18(6-10-20)17-19-7-11-21(12-8-19)24-22(25)28-16-15-27-4-2/h3-12,23H,1-2,13-17H2,(H,24,25). The fourth-order valence-electron chi connectivity index (χ4n) is 2.44. The predicted molar refractivity (Wildman–Crippen MR) is 111 cm³/mol. The second-order valence-corrected chi connectivity index (χ2v) is 5.83. The molecule has 1 amide bonds. The average Bonchev–Trinajstić information content (AvgIpc) is 2.71. The van der Waals surface area contributed by atoms with Crippen LogP contribution in [0.3, 0.4) is 0 Å². The third-order valence-corrected chi connectivity index (χ3v) is 3.78. The Labute approximate surface area is 165 Å². The van der Waals surface area contributed by atoms with Crippen molar-refractivity contribution >= 4 is 17.5 Å². The zero-order valence-electron chi connectivity index (χ0n) is 15.9. The van der Waals surface area contributed by atoms with Crippen LogP contribution < -0.4 is 10.6 Å². The molecule has 0 radical (unpaired) electrons.